The molecule has 1 heteroatoms. The fourth-order valence-corrected chi connectivity index (χ4v) is 0.0472. The average Bonchev–Trinajstić information content (AvgIpc) is 1.41. The summed E-state index contributed by atoms with van der Waals surface area (Å²) in [5.74, 6) is 4.23. The second-order valence-corrected chi connectivity index (χ2v) is 0.487. The third-order valence-electron chi connectivity index (χ3n) is 0.192. The molecule has 0 aliphatic carbocycles. The minimum atomic E-state index is -0.580. The fraction of sp³-hybridized carbons (Fsp3) is 0.250. The van der Waals surface area contributed by atoms with Crippen LogP contribution in [0.25, 0.3) is 0 Å². The predicted molar refractivity (Wildman–Crippen MR) is 19.1 cm³/mol. The van der Waals surface area contributed by atoms with E-state index in [-0.39, 0.29) is 0 Å². The lowest BCUT2D eigenvalue weighted by Gasteiger charge is -1.55. The van der Waals surface area contributed by atoms with Crippen LogP contribution >= 0.6 is 0 Å². The van der Waals surface area contributed by atoms with E-state index in [4.69, 9.17) is 0 Å². The molecule has 0 aliphatic rings. The summed E-state index contributed by atoms with van der Waals surface area (Å²) in [6.45, 7) is 2.49. The van der Waals surface area contributed by atoms with Gasteiger partial charge in [0.2, 0.25) is 0 Å². The molecule has 5 heavy (non-hydrogen) atoms. The zero-order chi connectivity index (χ0) is 4.12. The van der Waals surface area contributed by atoms with Gasteiger partial charge < -0.3 is 0 Å². The van der Waals surface area contributed by atoms with E-state index in [9.17, 15) is 4.39 Å². The smallest absolute Gasteiger partial charge is 0.150 e. The highest BCUT2D eigenvalue weighted by molar-refractivity contribution is 5.00. The normalized spacial score (nSPS) is 5.20. The van der Waals surface area contributed by atoms with Gasteiger partial charge in [-0.2, -0.15) is 0 Å². The Morgan fingerprint density at radius 1 is 1.80 bits per heavy atom. The van der Waals surface area contributed by atoms with Crippen molar-refractivity contribution in [2.75, 3.05) is 6.67 Å². The van der Waals surface area contributed by atoms with Crippen LogP contribution in [0, 0.1) is 18.8 Å². The summed E-state index contributed by atoms with van der Waals surface area (Å²) in [4.78, 5) is 0. The summed E-state index contributed by atoms with van der Waals surface area (Å²) < 4.78 is 10.8. The van der Waals surface area contributed by atoms with Crippen LogP contribution in [0.4, 0.5) is 4.39 Å². The molecule has 0 atom stereocenters. The van der Waals surface area contributed by atoms with Gasteiger partial charge in [0.1, 0.15) is 6.67 Å². The highest BCUT2D eigenvalue weighted by Gasteiger charge is 1.52. The van der Waals surface area contributed by atoms with Crippen LogP contribution < -0.4 is 0 Å². The zero-order valence-electron chi connectivity index (χ0n) is 2.79. The van der Waals surface area contributed by atoms with Crippen LogP contribution in [-0.2, 0) is 0 Å². The molecule has 0 nitrogen and oxygen atoms in total. The van der Waals surface area contributed by atoms with E-state index in [1.165, 1.54) is 0 Å². The molecular weight excluding hydrogens is 67.0 g/mol. The van der Waals surface area contributed by atoms with E-state index in [1.807, 2.05) is 0 Å². The molecule has 0 bridgehead atoms. The molecule has 0 aromatic rings. The average molecular weight is 71.1 g/mol. The third-order valence-corrected chi connectivity index (χ3v) is 0.192. The van der Waals surface area contributed by atoms with E-state index < -0.39 is 6.67 Å². The van der Waals surface area contributed by atoms with E-state index in [0.29, 0.717) is 0 Å². The summed E-state index contributed by atoms with van der Waals surface area (Å²) in [7, 11) is 0. The van der Waals surface area contributed by atoms with Gasteiger partial charge in [0.25, 0.3) is 0 Å². The molecule has 27 valence electrons. The fourth-order valence-electron chi connectivity index (χ4n) is 0.0472. The van der Waals surface area contributed by atoms with Crippen molar-refractivity contribution in [3.8, 4) is 11.8 Å². The largest absolute Gasteiger partial charge is 0.237 e. The van der Waals surface area contributed by atoms with Crippen LogP contribution in [0.3, 0.4) is 0 Å². The van der Waals surface area contributed by atoms with Crippen LogP contribution in [0.2, 0.25) is 0 Å². The van der Waals surface area contributed by atoms with Gasteiger partial charge in [-0.05, 0) is 0 Å². The van der Waals surface area contributed by atoms with Gasteiger partial charge in [0, 0.05) is 6.92 Å². The van der Waals surface area contributed by atoms with Crippen molar-refractivity contribution in [1.29, 1.82) is 0 Å². The van der Waals surface area contributed by atoms with Crippen molar-refractivity contribution < 1.29 is 4.39 Å². The topological polar surface area (TPSA) is 0 Å². The van der Waals surface area contributed by atoms with Gasteiger partial charge in [0.05, 0.1) is 0 Å². The SMILES string of the molecule is [CH2]C#CCF. The highest BCUT2D eigenvalue weighted by atomic mass is 19.1. The molecule has 0 aromatic carbocycles. The molecule has 0 N–H and O–H groups in total. The molecule has 0 unspecified atom stereocenters. The quantitative estimate of drug-likeness (QED) is 0.370. The second-order valence-electron chi connectivity index (χ2n) is 0.487. The molecule has 0 amide bonds. The maximum atomic E-state index is 10.8. The monoisotopic (exact) mass is 71.0 g/mol. The first-order valence-electron chi connectivity index (χ1n) is 1.22. The van der Waals surface area contributed by atoms with E-state index >= 15 is 0 Å². The first kappa shape index (κ1) is 4.49. The van der Waals surface area contributed by atoms with Gasteiger partial charge >= 0.3 is 0 Å². The summed E-state index contributed by atoms with van der Waals surface area (Å²) in [6, 6.07) is 0. The third kappa shape index (κ3) is 3.49. The summed E-state index contributed by atoms with van der Waals surface area (Å²) in [5.41, 5.74) is 0. The second kappa shape index (κ2) is 3.49. The van der Waals surface area contributed by atoms with Crippen LogP contribution in [0.5, 0.6) is 0 Å². The van der Waals surface area contributed by atoms with Gasteiger partial charge in [0.15, 0.2) is 0 Å². The first-order chi connectivity index (χ1) is 2.41. The molecule has 0 fully saturated rings. The standard InChI is InChI=1S/C4H4F/c1-2-3-4-5/h1,4H2. The van der Waals surface area contributed by atoms with E-state index in [2.05, 4.69) is 18.8 Å². The number of alkyl halides is 1. The van der Waals surface area contributed by atoms with Gasteiger partial charge in [-0.25, -0.2) is 4.39 Å². The van der Waals surface area contributed by atoms with E-state index in [0.717, 1.165) is 0 Å². The minimum Gasteiger partial charge on any atom is -0.237 e. The Labute approximate surface area is 31.0 Å². The Balaban J connectivity index is 2.81. The Bertz CT molecular complexity index is 55.8. The molecule has 0 spiro atoms. The lowest BCUT2D eigenvalue weighted by atomic mass is 10.7. The molecule has 0 saturated carbocycles. The number of hydrogen-bond donors (Lipinski definition) is 0. The number of rotatable bonds is 0. The summed E-state index contributed by atoms with van der Waals surface area (Å²) >= 11 is 0. The molecule has 0 rings (SSSR count). The Kier molecular flexibility index (Phi) is 3.13. The minimum absolute atomic E-state index is 0.580. The van der Waals surface area contributed by atoms with Crippen molar-refractivity contribution in [2.45, 2.75) is 0 Å². The van der Waals surface area contributed by atoms with Gasteiger partial charge in [-0.15, -0.1) is 0 Å². The molecule has 0 heterocycles. The van der Waals surface area contributed by atoms with Crippen LogP contribution in [0.15, 0.2) is 0 Å². The maximum Gasteiger partial charge on any atom is 0.150 e. The Hall–Kier alpha value is -0.510. The van der Waals surface area contributed by atoms with Gasteiger partial charge in [-0.3, -0.25) is 0 Å². The number of halogens is 1. The lowest BCUT2D eigenvalue weighted by Crippen LogP contribution is -1.55. The lowest BCUT2D eigenvalue weighted by molar-refractivity contribution is 0.573. The van der Waals surface area contributed by atoms with Crippen LogP contribution in [-0.4, -0.2) is 6.67 Å². The molecule has 0 aromatic heterocycles. The molecule has 0 saturated heterocycles. The Morgan fingerprint density at radius 2 is 2.40 bits per heavy atom. The molecule has 0 aliphatic heterocycles. The maximum absolute atomic E-state index is 10.8. The highest BCUT2D eigenvalue weighted by Crippen LogP contribution is 1.55. The number of hydrogen-bond acceptors (Lipinski definition) is 0. The Morgan fingerprint density at radius 3 is 2.40 bits per heavy atom. The van der Waals surface area contributed by atoms with E-state index in [1.54, 1.807) is 0 Å². The van der Waals surface area contributed by atoms with Crippen LogP contribution in [0.1, 0.15) is 0 Å². The van der Waals surface area contributed by atoms with Crippen molar-refractivity contribution >= 4 is 0 Å². The first-order valence-corrected chi connectivity index (χ1v) is 1.22. The van der Waals surface area contributed by atoms with Crippen molar-refractivity contribution in [2.24, 2.45) is 0 Å². The summed E-state index contributed by atoms with van der Waals surface area (Å²) in [6.07, 6.45) is 0. The summed E-state index contributed by atoms with van der Waals surface area (Å²) in [5, 5.41) is 0. The molecule has 1 radical (unpaired) electrons. The van der Waals surface area contributed by atoms with Crippen molar-refractivity contribution in [3.05, 3.63) is 6.92 Å². The van der Waals surface area contributed by atoms with Crippen molar-refractivity contribution in [3.63, 3.8) is 0 Å². The molecular formula is C4H4F. The van der Waals surface area contributed by atoms with Crippen molar-refractivity contribution in [1.82, 2.24) is 0 Å². The zero-order valence-corrected chi connectivity index (χ0v) is 2.79. The van der Waals surface area contributed by atoms with Gasteiger partial charge in [-0.1, -0.05) is 11.8 Å². The predicted octanol–water partition coefficient (Wildman–Crippen LogP) is 0.793.